The van der Waals surface area contributed by atoms with E-state index < -0.39 is 38.3 Å². The molecule has 6 nitrogen and oxygen atoms in total. The van der Waals surface area contributed by atoms with Crippen LogP contribution in [0.4, 0.5) is 4.39 Å². The van der Waals surface area contributed by atoms with Crippen molar-refractivity contribution in [2.75, 3.05) is 0 Å². The van der Waals surface area contributed by atoms with Gasteiger partial charge >= 0.3 is 0 Å². The third-order valence-corrected chi connectivity index (χ3v) is 7.04. The summed E-state index contributed by atoms with van der Waals surface area (Å²) in [6.45, 7) is 8.32. The first-order valence-corrected chi connectivity index (χ1v) is 11.2. The molecular formula is C22H27FN2O4S. The molecule has 2 aromatic carbocycles. The number of hydrogen-bond acceptors (Lipinski definition) is 5. The Morgan fingerprint density at radius 1 is 1.17 bits per heavy atom. The fourth-order valence-electron chi connectivity index (χ4n) is 3.64. The van der Waals surface area contributed by atoms with Crippen molar-refractivity contribution in [1.29, 1.82) is 0 Å². The average molecular weight is 435 g/mol. The molecule has 1 fully saturated rings. The number of rotatable bonds is 4. The van der Waals surface area contributed by atoms with Gasteiger partial charge in [0, 0.05) is 5.56 Å². The van der Waals surface area contributed by atoms with Gasteiger partial charge in [-0.25, -0.2) is 22.5 Å². The molecule has 0 saturated carbocycles. The maximum atomic E-state index is 14.0. The number of ether oxygens (including phenoxy) is 1. The van der Waals surface area contributed by atoms with E-state index >= 15 is 0 Å². The van der Waals surface area contributed by atoms with Crippen LogP contribution in [0.2, 0.25) is 0 Å². The molecule has 1 aliphatic rings. The van der Waals surface area contributed by atoms with Crippen molar-refractivity contribution in [2.45, 2.75) is 57.1 Å². The molecule has 0 aliphatic carbocycles. The van der Waals surface area contributed by atoms with Crippen molar-refractivity contribution in [3.8, 4) is 0 Å². The normalized spacial score (nSPS) is 22.8. The number of sulfonamides is 1. The Hall–Kier alpha value is -2.45. The first-order chi connectivity index (χ1) is 13.8. The van der Waals surface area contributed by atoms with E-state index in [0.29, 0.717) is 16.7 Å². The van der Waals surface area contributed by atoms with Crippen LogP contribution in [0.25, 0.3) is 0 Å². The number of aliphatic hydroxyl groups is 1. The van der Waals surface area contributed by atoms with E-state index in [1.807, 2.05) is 0 Å². The van der Waals surface area contributed by atoms with Crippen LogP contribution >= 0.6 is 0 Å². The topological polar surface area (TPSA) is 88.0 Å². The molecule has 0 bridgehead atoms. The summed E-state index contributed by atoms with van der Waals surface area (Å²) in [7, 11) is -3.88. The monoisotopic (exact) mass is 434 g/mol. The van der Waals surface area contributed by atoms with Gasteiger partial charge in [0.25, 0.3) is 6.02 Å². The minimum atomic E-state index is -3.88. The lowest BCUT2D eigenvalue weighted by Crippen LogP contribution is -2.53. The summed E-state index contributed by atoms with van der Waals surface area (Å²) in [4.78, 5) is 4.26. The van der Waals surface area contributed by atoms with Crippen LogP contribution in [0.1, 0.15) is 62.6 Å². The molecule has 1 aliphatic heterocycles. The number of nitrogens with zero attached hydrogens (tertiary/aromatic N) is 1. The summed E-state index contributed by atoms with van der Waals surface area (Å²) >= 11 is 0. The molecule has 2 atom stereocenters. The van der Waals surface area contributed by atoms with Crippen LogP contribution in [-0.2, 0) is 20.4 Å². The van der Waals surface area contributed by atoms with Crippen LogP contribution < -0.4 is 4.72 Å². The summed E-state index contributed by atoms with van der Waals surface area (Å²) in [6, 6.07) is 12.1. The highest BCUT2D eigenvalue weighted by Crippen LogP contribution is 2.39. The first-order valence-electron chi connectivity index (χ1n) is 9.67. The van der Waals surface area contributed by atoms with Gasteiger partial charge in [-0.15, -0.1) is 0 Å². The second-order valence-corrected chi connectivity index (χ2v) is 10.3. The standard InChI is InChI=1S/C22H27FN2O4S/c1-14(17-8-6-7-9-18(17)23)24-20-25-30(27,28)19(22(4,5)29-20)15-10-12-16(13-11-15)21(2,3)26/h6-14,19,26H,1-5H3,(H,24,25). The van der Waals surface area contributed by atoms with Crippen molar-refractivity contribution in [3.05, 3.63) is 71.0 Å². The van der Waals surface area contributed by atoms with Gasteiger partial charge in [-0.2, -0.15) is 0 Å². The molecule has 3 rings (SSSR count). The Labute approximate surface area is 176 Å². The first kappa shape index (κ1) is 22.2. The van der Waals surface area contributed by atoms with Crippen molar-refractivity contribution in [1.82, 2.24) is 4.72 Å². The SMILES string of the molecule is CC(N=C1NS(=O)(=O)C(c2ccc(C(C)(C)O)cc2)C(C)(C)O1)c1ccccc1F. The minimum Gasteiger partial charge on any atom is -0.457 e. The van der Waals surface area contributed by atoms with Gasteiger partial charge in [-0.3, -0.25) is 0 Å². The second kappa shape index (κ2) is 7.67. The molecule has 0 aromatic heterocycles. The van der Waals surface area contributed by atoms with Gasteiger partial charge < -0.3 is 9.84 Å². The van der Waals surface area contributed by atoms with E-state index in [-0.39, 0.29) is 6.02 Å². The van der Waals surface area contributed by atoms with Crippen LogP contribution in [0.3, 0.4) is 0 Å². The van der Waals surface area contributed by atoms with E-state index in [1.54, 1.807) is 77.1 Å². The zero-order chi connectivity index (χ0) is 22.3. The van der Waals surface area contributed by atoms with Gasteiger partial charge in [-0.05, 0) is 51.8 Å². The molecule has 162 valence electrons. The lowest BCUT2D eigenvalue weighted by atomic mass is 9.93. The minimum absolute atomic E-state index is 0.167. The molecular weight excluding hydrogens is 407 g/mol. The molecule has 2 N–H and O–H groups in total. The predicted molar refractivity (Wildman–Crippen MR) is 114 cm³/mol. The van der Waals surface area contributed by atoms with Crippen LogP contribution in [0.5, 0.6) is 0 Å². The number of benzene rings is 2. The predicted octanol–water partition coefficient (Wildman–Crippen LogP) is 3.94. The highest BCUT2D eigenvalue weighted by atomic mass is 32.2. The van der Waals surface area contributed by atoms with Crippen molar-refractivity contribution < 1.29 is 22.7 Å². The number of amidine groups is 1. The molecule has 0 amide bonds. The summed E-state index contributed by atoms with van der Waals surface area (Å²) < 4.78 is 48.5. The van der Waals surface area contributed by atoms with Crippen molar-refractivity contribution in [3.63, 3.8) is 0 Å². The van der Waals surface area contributed by atoms with Crippen LogP contribution in [0.15, 0.2) is 53.5 Å². The molecule has 2 aromatic rings. The van der Waals surface area contributed by atoms with E-state index in [0.717, 1.165) is 0 Å². The number of hydrogen-bond donors (Lipinski definition) is 2. The van der Waals surface area contributed by atoms with E-state index in [1.165, 1.54) is 6.07 Å². The summed E-state index contributed by atoms with van der Waals surface area (Å²) in [5, 5.41) is 9.13. The maximum Gasteiger partial charge on any atom is 0.299 e. The fourth-order valence-corrected chi connectivity index (χ4v) is 5.40. The molecule has 0 spiro atoms. The third-order valence-electron chi connectivity index (χ3n) is 5.12. The number of nitrogens with one attached hydrogen (secondary N) is 1. The quantitative estimate of drug-likeness (QED) is 0.763. The van der Waals surface area contributed by atoms with Crippen molar-refractivity contribution in [2.24, 2.45) is 4.99 Å². The lowest BCUT2D eigenvalue weighted by molar-refractivity contribution is 0.0757. The van der Waals surface area contributed by atoms with E-state index in [4.69, 9.17) is 4.74 Å². The Balaban J connectivity index is 1.92. The Morgan fingerprint density at radius 3 is 2.30 bits per heavy atom. The average Bonchev–Trinajstić information content (AvgIpc) is 2.59. The van der Waals surface area contributed by atoms with Gasteiger partial charge in [-0.1, -0.05) is 42.5 Å². The molecule has 2 unspecified atom stereocenters. The summed E-state index contributed by atoms with van der Waals surface area (Å²) in [5.74, 6) is -0.419. The molecule has 1 saturated heterocycles. The van der Waals surface area contributed by atoms with Crippen molar-refractivity contribution >= 4 is 16.0 Å². The highest BCUT2D eigenvalue weighted by molar-refractivity contribution is 7.90. The zero-order valence-corrected chi connectivity index (χ0v) is 18.5. The number of aliphatic imine (C=N–C) groups is 1. The Bertz CT molecular complexity index is 1060. The summed E-state index contributed by atoms with van der Waals surface area (Å²) in [6.07, 6.45) is 0. The van der Waals surface area contributed by atoms with Gasteiger partial charge in [0.2, 0.25) is 10.0 Å². The van der Waals surface area contributed by atoms with Gasteiger partial charge in [0.1, 0.15) is 16.7 Å². The Kier molecular flexibility index (Phi) is 5.68. The van der Waals surface area contributed by atoms with Gasteiger partial charge in [0.05, 0.1) is 11.6 Å². The Morgan fingerprint density at radius 2 is 1.77 bits per heavy atom. The smallest absolute Gasteiger partial charge is 0.299 e. The maximum absolute atomic E-state index is 14.0. The lowest BCUT2D eigenvalue weighted by Gasteiger charge is -2.39. The molecule has 30 heavy (non-hydrogen) atoms. The van der Waals surface area contributed by atoms with Crippen LogP contribution in [-0.4, -0.2) is 25.1 Å². The highest BCUT2D eigenvalue weighted by Gasteiger charge is 2.48. The van der Waals surface area contributed by atoms with Gasteiger partial charge in [0.15, 0.2) is 0 Å². The largest absolute Gasteiger partial charge is 0.457 e. The molecule has 1 heterocycles. The fraction of sp³-hybridized carbons (Fsp3) is 0.409. The molecule has 0 radical (unpaired) electrons. The van der Waals surface area contributed by atoms with E-state index in [9.17, 15) is 17.9 Å². The number of halogens is 1. The molecule has 8 heteroatoms. The third kappa shape index (κ3) is 4.49. The van der Waals surface area contributed by atoms with Crippen LogP contribution in [0, 0.1) is 5.82 Å². The van der Waals surface area contributed by atoms with E-state index in [2.05, 4.69) is 9.71 Å². The summed E-state index contributed by atoms with van der Waals surface area (Å²) in [5.41, 5.74) is -0.617. The zero-order valence-electron chi connectivity index (χ0n) is 17.7. The second-order valence-electron chi connectivity index (χ2n) is 8.55.